The van der Waals surface area contributed by atoms with E-state index in [0.29, 0.717) is 10.3 Å². The van der Waals surface area contributed by atoms with Crippen LogP contribution in [0, 0.1) is 0 Å². The maximum atomic E-state index is 11.9. The van der Waals surface area contributed by atoms with Gasteiger partial charge in [-0.3, -0.25) is 10.4 Å². The number of carbonyl (C=O) groups is 1. The van der Waals surface area contributed by atoms with E-state index in [9.17, 15) is 4.79 Å². The molecule has 0 fully saturated rings. The summed E-state index contributed by atoms with van der Waals surface area (Å²) in [4.78, 5) is 11.9. The van der Waals surface area contributed by atoms with Gasteiger partial charge in [0.15, 0.2) is 0 Å². The number of nitrogens with one attached hydrogen (secondary N) is 3. The Hall–Kier alpha value is -2.16. The first-order chi connectivity index (χ1) is 9.74. The third kappa shape index (κ3) is 2.72. The zero-order valence-electron chi connectivity index (χ0n) is 10.8. The Morgan fingerprint density at radius 3 is 3.25 bits per heavy atom. The van der Waals surface area contributed by atoms with Gasteiger partial charge < -0.3 is 10.1 Å². The molecule has 0 unspecified atom stereocenters. The van der Waals surface area contributed by atoms with Crippen LogP contribution >= 0.6 is 11.3 Å². The molecule has 1 aliphatic rings. The number of fused-ring (bicyclic) bond motifs is 1. The van der Waals surface area contributed by atoms with E-state index in [0.717, 1.165) is 25.0 Å². The average molecular weight is 294 g/mol. The lowest BCUT2D eigenvalue weighted by molar-refractivity contribution is 0.247. The third-order valence-corrected chi connectivity index (χ3v) is 3.95. The molecule has 0 saturated carbocycles. The lowest BCUT2D eigenvalue weighted by atomic mass is 9.94. The van der Waals surface area contributed by atoms with Crippen molar-refractivity contribution in [2.45, 2.75) is 25.3 Å². The van der Waals surface area contributed by atoms with E-state index in [2.05, 4.69) is 31.0 Å². The van der Waals surface area contributed by atoms with Crippen LogP contribution in [-0.4, -0.2) is 39.6 Å². The molecule has 20 heavy (non-hydrogen) atoms. The molecule has 8 nitrogen and oxygen atoms in total. The number of methoxy groups -OCH3 is 1. The summed E-state index contributed by atoms with van der Waals surface area (Å²) in [7, 11) is 1.51. The second-order valence-electron chi connectivity index (χ2n) is 4.49. The smallest absolute Gasteiger partial charge is 0.321 e. The highest BCUT2D eigenvalue weighted by Gasteiger charge is 2.21. The fourth-order valence-electron chi connectivity index (χ4n) is 2.20. The second-order valence-corrected chi connectivity index (χ2v) is 5.43. The Bertz CT molecular complexity index is 610. The third-order valence-electron chi connectivity index (χ3n) is 3.15. The van der Waals surface area contributed by atoms with Gasteiger partial charge in [0.1, 0.15) is 0 Å². The van der Waals surface area contributed by atoms with Gasteiger partial charge >= 0.3 is 6.03 Å². The number of urea groups is 1. The predicted molar refractivity (Wildman–Crippen MR) is 73.0 cm³/mol. The van der Waals surface area contributed by atoms with Crippen LogP contribution in [0.4, 0.5) is 9.93 Å². The minimum absolute atomic E-state index is 0.106. The number of hydrogen-bond acceptors (Lipinski definition) is 6. The van der Waals surface area contributed by atoms with Gasteiger partial charge in [-0.25, -0.2) is 4.79 Å². The van der Waals surface area contributed by atoms with Gasteiger partial charge in [0.05, 0.1) is 13.3 Å². The van der Waals surface area contributed by atoms with Crippen LogP contribution < -0.4 is 15.4 Å². The average Bonchev–Trinajstić information content (AvgIpc) is 3.06. The van der Waals surface area contributed by atoms with Gasteiger partial charge in [-0.2, -0.15) is 5.10 Å². The molecule has 2 heterocycles. The lowest BCUT2D eigenvalue weighted by Crippen LogP contribution is -2.41. The highest BCUT2D eigenvalue weighted by atomic mass is 32.1. The molecule has 0 bridgehead atoms. The van der Waals surface area contributed by atoms with Gasteiger partial charge in [0.25, 0.3) is 5.19 Å². The molecule has 0 saturated heterocycles. The molecule has 2 aromatic rings. The fourth-order valence-corrected chi connectivity index (χ4v) is 2.76. The van der Waals surface area contributed by atoms with Gasteiger partial charge in [0, 0.05) is 11.7 Å². The number of aromatic amines is 1. The van der Waals surface area contributed by atoms with Crippen LogP contribution in [0.5, 0.6) is 5.19 Å². The first-order valence-electron chi connectivity index (χ1n) is 6.20. The number of aromatic nitrogens is 4. The molecular formula is C11H14N6O2S. The van der Waals surface area contributed by atoms with E-state index < -0.39 is 0 Å². The van der Waals surface area contributed by atoms with Crippen molar-refractivity contribution in [3.05, 3.63) is 17.5 Å². The number of ether oxygens (including phenoxy) is 1. The molecular weight excluding hydrogens is 280 g/mol. The first kappa shape index (κ1) is 12.9. The molecule has 0 aromatic carbocycles. The number of nitrogens with zero attached hydrogens (tertiary/aromatic N) is 3. The summed E-state index contributed by atoms with van der Waals surface area (Å²) < 4.78 is 4.92. The van der Waals surface area contributed by atoms with E-state index >= 15 is 0 Å². The number of carbonyl (C=O) groups excluding carboxylic acids is 1. The van der Waals surface area contributed by atoms with Crippen molar-refractivity contribution in [3.8, 4) is 5.19 Å². The molecule has 9 heteroatoms. The highest BCUT2D eigenvalue weighted by molar-refractivity contribution is 7.17. The maximum Gasteiger partial charge on any atom is 0.321 e. The topological polar surface area (TPSA) is 105 Å². The molecule has 2 aromatic heterocycles. The van der Waals surface area contributed by atoms with Crippen molar-refractivity contribution in [1.29, 1.82) is 0 Å². The Kier molecular flexibility index (Phi) is 3.50. The van der Waals surface area contributed by atoms with Crippen molar-refractivity contribution in [3.63, 3.8) is 0 Å². The quantitative estimate of drug-likeness (QED) is 0.781. The van der Waals surface area contributed by atoms with Crippen LogP contribution in [0.1, 0.15) is 17.7 Å². The maximum absolute atomic E-state index is 11.9. The SMILES string of the molecule is COc1nnc(NC(=O)N[C@@H]2CCc3[nH]ncc3C2)s1. The minimum Gasteiger partial charge on any atom is -0.472 e. The van der Waals surface area contributed by atoms with Crippen LogP contribution in [0.2, 0.25) is 0 Å². The van der Waals surface area contributed by atoms with E-state index in [1.165, 1.54) is 24.0 Å². The Labute approximate surface area is 118 Å². The number of hydrogen-bond donors (Lipinski definition) is 3. The number of rotatable bonds is 3. The Morgan fingerprint density at radius 2 is 2.45 bits per heavy atom. The molecule has 3 rings (SSSR count). The van der Waals surface area contributed by atoms with Crippen LogP contribution in [0.15, 0.2) is 6.20 Å². The second kappa shape index (κ2) is 5.45. The summed E-state index contributed by atoms with van der Waals surface area (Å²) in [5.74, 6) is 0. The Morgan fingerprint density at radius 1 is 1.55 bits per heavy atom. The summed E-state index contributed by atoms with van der Waals surface area (Å²) >= 11 is 1.18. The molecule has 0 radical (unpaired) electrons. The van der Waals surface area contributed by atoms with Crippen molar-refractivity contribution in [2.24, 2.45) is 0 Å². The number of anilines is 1. The van der Waals surface area contributed by atoms with Crippen LogP contribution in [0.25, 0.3) is 0 Å². The van der Waals surface area contributed by atoms with Gasteiger partial charge in [-0.1, -0.05) is 5.10 Å². The number of aryl methyl sites for hydroxylation is 1. The fraction of sp³-hybridized carbons (Fsp3) is 0.455. The minimum atomic E-state index is -0.277. The lowest BCUT2D eigenvalue weighted by Gasteiger charge is -2.22. The normalized spacial score (nSPS) is 17.4. The molecule has 1 atom stereocenters. The summed E-state index contributed by atoms with van der Waals surface area (Å²) in [5.41, 5.74) is 2.33. The standard InChI is InChI=1S/C11H14N6O2S/c1-19-11-17-16-10(20-11)14-9(18)13-7-2-3-8-6(4-7)5-12-15-8/h5,7H,2-4H2,1H3,(H,12,15)(H2,13,14,16,18)/t7-/m1/s1. The van der Waals surface area contributed by atoms with Gasteiger partial charge in [-0.05, 0) is 36.2 Å². The molecule has 1 aliphatic carbocycles. The largest absolute Gasteiger partial charge is 0.472 e. The van der Waals surface area contributed by atoms with E-state index in [-0.39, 0.29) is 12.1 Å². The first-order valence-corrected chi connectivity index (χ1v) is 7.02. The summed E-state index contributed by atoms with van der Waals surface area (Å²) in [6.07, 6.45) is 4.39. The van der Waals surface area contributed by atoms with Gasteiger partial charge in [-0.15, -0.1) is 5.10 Å². The van der Waals surface area contributed by atoms with Crippen molar-refractivity contribution >= 4 is 22.5 Å². The number of amides is 2. The monoisotopic (exact) mass is 294 g/mol. The molecule has 2 amide bonds. The highest BCUT2D eigenvalue weighted by Crippen LogP contribution is 2.22. The molecule has 0 spiro atoms. The molecule has 106 valence electrons. The summed E-state index contributed by atoms with van der Waals surface area (Å²) in [6, 6.07) is -0.171. The van der Waals surface area contributed by atoms with Gasteiger partial charge in [0.2, 0.25) is 5.13 Å². The van der Waals surface area contributed by atoms with Crippen LogP contribution in [-0.2, 0) is 12.8 Å². The summed E-state index contributed by atoms with van der Waals surface area (Å²) in [5, 5.41) is 21.0. The summed E-state index contributed by atoms with van der Waals surface area (Å²) in [6.45, 7) is 0. The molecule has 0 aliphatic heterocycles. The zero-order chi connectivity index (χ0) is 13.9. The van der Waals surface area contributed by atoms with Crippen molar-refractivity contribution in [2.75, 3.05) is 12.4 Å². The van der Waals surface area contributed by atoms with E-state index in [1.807, 2.05) is 6.20 Å². The predicted octanol–water partition coefficient (Wildman–Crippen LogP) is 0.949. The number of H-pyrrole nitrogens is 1. The molecule has 3 N–H and O–H groups in total. The zero-order valence-corrected chi connectivity index (χ0v) is 11.7. The van der Waals surface area contributed by atoms with E-state index in [1.54, 1.807) is 0 Å². The van der Waals surface area contributed by atoms with Crippen LogP contribution in [0.3, 0.4) is 0 Å². The van der Waals surface area contributed by atoms with Crippen molar-refractivity contribution < 1.29 is 9.53 Å². The Balaban J connectivity index is 1.54. The van der Waals surface area contributed by atoms with Crippen molar-refractivity contribution in [1.82, 2.24) is 25.7 Å². The van der Waals surface area contributed by atoms with E-state index in [4.69, 9.17) is 4.74 Å².